The van der Waals surface area contributed by atoms with Gasteiger partial charge in [-0.1, -0.05) is 36.4 Å². The summed E-state index contributed by atoms with van der Waals surface area (Å²) in [4.78, 5) is 14.5. The molecule has 0 spiro atoms. The lowest BCUT2D eigenvalue weighted by Gasteiger charge is -2.44. The number of nitrogens with zero attached hydrogens (tertiary/aromatic N) is 1. The Morgan fingerprint density at radius 3 is 2.91 bits per heavy atom. The summed E-state index contributed by atoms with van der Waals surface area (Å²) < 4.78 is 0. The number of anilines is 1. The third kappa shape index (κ3) is 2.03. The maximum absolute atomic E-state index is 12.5. The van der Waals surface area contributed by atoms with Gasteiger partial charge < -0.3 is 10.2 Å². The number of allylic oxidation sites excluding steroid dienone is 2. The van der Waals surface area contributed by atoms with Gasteiger partial charge in [0.25, 0.3) is 0 Å². The number of fused-ring (bicyclic) bond motifs is 3. The molecule has 22 heavy (non-hydrogen) atoms. The van der Waals surface area contributed by atoms with Crippen molar-refractivity contribution in [3.05, 3.63) is 53.6 Å². The van der Waals surface area contributed by atoms with Crippen LogP contribution in [0.15, 0.2) is 48.1 Å². The highest BCUT2D eigenvalue weighted by atomic mass is 16.2. The minimum absolute atomic E-state index is 0.141. The molecule has 1 aromatic rings. The predicted octanol–water partition coefficient (Wildman–Crippen LogP) is 3.35. The van der Waals surface area contributed by atoms with Gasteiger partial charge >= 0.3 is 0 Å². The largest absolute Gasteiger partial charge is 0.310 e. The molecule has 1 aliphatic carbocycles. The van der Waals surface area contributed by atoms with E-state index in [9.17, 15) is 4.79 Å². The van der Waals surface area contributed by atoms with E-state index in [1.165, 1.54) is 11.1 Å². The van der Waals surface area contributed by atoms with E-state index >= 15 is 0 Å². The fourth-order valence-corrected chi connectivity index (χ4v) is 4.33. The number of benzene rings is 1. The second-order valence-corrected chi connectivity index (χ2v) is 6.46. The number of hydrogen-bond donors (Lipinski definition) is 1. The van der Waals surface area contributed by atoms with Crippen LogP contribution in [-0.4, -0.2) is 18.5 Å². The van der Waals surface area contributed by atoms with E-state index in [1.54, 1.807) is 6.92 Å². The molecule has 4 rings (SSSR count). The number of rotatable bonds is 1. The van der Waals surface area contributed by atoms with E-state index < -0.39 is 0 Å². The van der Waals surface area contributed by atoms with Crippen LogP contribution >= 0.6 is 0 Å². The van der Waals surface area contributed by atoms with Gasteiger partial charge in [-0.2, -0.15) is 0 Å². The number of hydrogen-bond acceptors (Lipinski definition) is 2. The zero-order valence-electron chi connectivity index (χ0n) is 13.0. The molecule has 1 amide bonds. The minimum atomic E-state index is 0.141. The van der Waals surface area contributed by atoms with Crippen molar-refractivity contribution in [3.8, 4) is 0 Å². The van der Waals surface area contributed by atoms with Crippen molar-refractivity contribution in [1.82, 2.24) is 5.32 Å². The topological polar surface area (TPSA) is 32.3 Å². The maximum Gasteiger partial charge on any atom is 0.224 e. The first-order chi connectivity index (χ1) is 10.8. The number of para-hydroxylation sites is 1. The van der Waals surface area contributed by atoms with Gasteiger partial charge in [0.2, 0.25) is 5.91 Å². The van der Waals surface area contributed by atoms with Gasteiger partial charge in [-0.05, 0) is 43.0 Å². The Kier molecular flexibility index (Phi) is 3.38. The molecule has 1 unspecified atom stereocenters. The molecule has 3 nitrogen and oxygen atoms in total. The molecule has 2 aliphatic heterocycles. The molecule has 1 N–H and O–H groups in total. The number of amides is 1. The average molecular weight is 294 g/mol. The summed E-state index contributed by atoms with van der Waals surface area (Å²) in [6.45, 7) is 2.72. The molecule has 3 heteroatoms. The summed E-state index contributed by atoms with van der Waals surface area (Å²) in [5, 5.41) is 3.65. The van der Waals surface area contributed by atoms with E-state index in [4.69, 9.17) is 0 Å². The Bertz CT molecular complexity index is 661. The van der Waals surface area contributed by atoms with Crippen LogP contribution < -0.4 is 10.2 Å². The summed E-state index contributed by atoms with van der Waals surface area (Å²) >= 11 is 0. The Hall–Kier alpha value is -1.87. The molecule has 1 fully saturated rings. The van der Waals surface area contributed by atoms with Crippen LogP contribution in [0.25, 0.3) is 0 Å². The standard InChI is InChI=1S/C19H22N2O/c1-13(22)21-17-10-6-5-9-15(17)18-16(11-12-20-18)19(21)14-7-3-2-4-8-14/h3,5-10,16,18-20H,2,4,11-12H2,1H3/t16-,18-,19?/m1/s1. The lowest BCUT2D eigenvalue weighted by Crippen LogP contribution is -2.50. The Balaban J connectivity index is 1.87. The van der Waals surface area contributed by atoms with E-state index in [-0.39, 0.29) is 11.9 Å². The molecule has 0 radical (unpaired) electrons. The van der Waals surface area contributed by atoms with Crippen molar-refractivity contribution in [3.63, 3.8) is 0 Å². The fraction of sp³-hybridized carbons (Fsp3) is 0.421. The van der Waals surface area contributed by atoms with Crippen LogP contribution in [-0.2, 0) is 4.79 Å². The first-order valence-electron chi connectivity index (χ1n) is 8.26. The van der Waals surface area contributed by atoms with Crippen LogP contribution in [0.1, 0.15) is 37.8 Å². The lowest BCUT2D eigenvalue weighted by molar-refractivity contribution is -0.117. The maximum atomic E-state index is 12.5. The lowest BCUT2D eigenvalue weighted by atomic mass is 9.77. The van der Waals surface area contributed by atoms with Crippen LogP contribution in [0.4, 0.5) is 5.69 Å². The molecule has 1 saturated heterocycles. The smallest absolute Gasteiger partial charge is 0.224 e. The van der Waals surface area contributed by atoms with E-state index in [0.717, 1.165) is 31.5 Å². The molecule has 3 atom stereocenters. The quantitative estimate of drug-likeness (QED) is 0.861. The van der Waals surface area contributed by atoms with Crippen LogP contribution in [0.2, 0.25) is 0 Å². The fourth-order valence-electron chi connectivity index (χ4n) is 4.33. The summed E-state index contributed by atoms with van der Waals surface area (Å²) in [6, 6.07) is 8.91. The van der Waals surface area contributed by atoms with Crippen molar-refractivity contribution in [2.75, 3.05) is 11.4 Å². The highest BCUT2D eigenvalue weighted by Gasteiger charge is 2.45. The summed E-state index contributed by atoms with van der Waals surface area (Å²) in [6.07, 6.45) is 10.1. The Morgan fingerprint density at radius 2 is 2.14 bits per heavy atom. The molecule has 0 aromatic heterocycles. The third-order valence-corrected chi connectivity index (χ3v) is 5.19. The SMILES string of the molecule is CC(=O)N1c2ccccc2[C@H]2NCC[C@H]2C1C1=CCCC=C1. The highest BCUT2D eigenvalue weighted by molar-refractivity contribution is 5.94. The molecule has 0 saturated carbocycles. The molecule has 3 aliphatic rings. The third-order valence-electron chi connectivity index (χ3n) is 5.19. The first kappa shape index (κ1) is 13.8. The van der Waals surface area contributed by atoms with E-state index in [1.807, 2.05) is 11.0 Å². The molecule has 114 valence electrons. The summed E-state index contributed by atoms with van der Waals surface area (Å²) in [5.41, 5.74) is 3.67. The van der Waals surface area contributed by atoms with Crippen LogP contribution in [0.3, 0.4) is 0 Å². The molecular formula is C19H22N2O. The van der Waals surface area contributed by atoms with Crippen molar-refractivity contribution in [2.45, 2.75) is 38.3 Å². The van der Waals surface area contributed by atoms with Gasteiger partial charge in [0.05, 0.1) is 6.04 Å². The minimum Gasteiger partial charge on any atom is -0.310 e. The average Bonchev–Trinajstić information content (AvgIpc) is 3.03. The number of carbonyl (C=O) groups excluding carboxylic acids is 1. The van der Waals surface area contributed by atoms with Gasteiger partial charge in [0.15, 0.2) is 0 Å². The first-order valence-corrected chi connectivity index (χ1v) is 8.26. The summed E-state index contributed by atoms with van der Waals surface area (Å²) in [7, 11) is 0. The second-order valence-electron chi connectivity index (χ2n) is 6.46. The highest BCUT2D eigenvalue weighted by Crippen LogP contribution is 2.47. The van der Waals surface area contributed by atoms with Crippen LogP contribution in [0, 0.1) is 5.92 Å². The van der Waals surface area contributed by atoms with Crippen molar-refractivity contribution >= 4 is 11.6 Å². The van der Waals surface area contributed by atoms with E-state index in [2.05, 4.69) is 41.7 Å². The van der Waals surface area contributed by atoms with Gasteiger partial charge in [-0.15, -0.1) is 0 Å². The molecule has 1 aromatic carbocycles. The van der Waals surface area contributed by atoms with Crippen LogP contribution in [0.5, 0.6) is 0 Å². The van der Waals surface area contributed by atoms with Crippen molar-refractivity contribution in [1.29, 1.82) is 0 Å². The second kappa shape index (κ2) is 5.40. The van der Waals surface area contributed by atoms with E-state index in [0.29, 0.717) is 12.0 Å². The van der Waals surface area contributed by atoms with Gasteiger partial charge in [0.1, 0.15) is 0 Å². The zero-order chi connectivity index (χ0) is 15.1. The van der Waals surface area contributed by atoms with Gasteiger partial charge in [-0.25, -0.2) is 0 Å². The number of carbonyl (C=O) groups is 1. The zero-order valence-corrected chi connectivity index (χ0v) is 13.0. The normalized spacial score (nSPS) is 29.8. The Morgan fingerprint density at radius 1 is 1.27 bits per heavy atom. The van der Waals surface area contributed by atoms with Crippen molar-refractivity contribution < 1.29 is 4.79 Å². The monoisotopic (exact) mass is 294 g/mol. The molecule has 0 bridgehead atoms. The van der Waals surface area contributed by atoms with Gasteiger partial charge in [0, 0.05) is 24.6 Å². The molecular weight excluding hydrogens is 272 g/mol. The molecule has 2 heterocycles. The van der Waals surface area contributed by atoms with Crippen molar-refractivity contribution in [2.24, 2.45) is 5.92 Å². The predicted molar refractivity (Wildman–Crippen MR) is 88.7 cm³/mol. The summed E-state index contributed by atoms with van der Waals surface area (Å²) in [5.74, 6) is 0.607. The Labute approximate surface area is 131 Å². The van der Waals surface area contributed by atoms with Gasteiger partial charge in [-0.3, -0.25) is 4.79 Å². The number of nitrogens with one attached hydrogen (secondary N) is 1.